The van der Waals surface area contributed by atoms with Crippen molar-refractivity contribution in [2.75, 3.05) is 13.1 Å². The zero-order chi connectivity index (χ0) is 22.0. The number of hydrogen-bond acceptors (Lipinski definition) is 4. The van der Waals surface area contributed by atoms with E-state index in [1.165, 1.54) is 30.4 Å². The Morgan fingerprint density at radius 1 is 1.06 bits per heavy atom. The number of halogens is 1. The lowest BCUT2D eigenvalue weighted by Gasteiger charge is -2.13. The van der Waals surface area contributed by atoms with Crippen molar-refractivity contribution >= 4 is 29.9 Å². The first-order valence-electron chi connectivity index (χ1n) is 11.8. The summed E-state index contributed by atoms with van der Waals surface area (Å²) in [5.41, 5.74) is 2.45. The van der Waals surface area contributed by atoms with E-state index in [1.54, 1.807) is 0 Å². The largest absolute Gasteiger partial charge is 0.357 e. The first-order valence-corrected chi connectivity index (χ1v) is 11.8. The highest BCUT2D eigenvalue weighted by molar-refractivity contribution is 14.0. The zero-order valence-corrected chi connectivity index (χ0v) is 21.7. The van der Waals surface area contributed by atoms with Crippen LogP contribution in [-0.2, 0) is 32.5 Å². The lowest BCUT2D eigenvalue weighted by Crippen LogP contribution is -2.38. The van der Waals surface area contributed by atoms with Crippen LogP contribution in [0.2, 0.25) is 0 Å². The minimum Gasteiger partial charge on any atom is -0.357 e. The third kappa shape index (κ3) is 7.28. The molecule has 8 nitrogen and oxygen atoms in total. The summed E-state index contributed by atoms with van der Waals surface area (Å²) in [4.78, 5) is 4.82. The van der Waals surface area contributed by atoms with Crippen LogP contribution in [0.3, 0.4) is 0 Å². The SMILES string of the molecule is CCNC(=NCc1ccccc1Cn1cccn1)NCCCc1nnc2n1CCCCC2.I. The van der Waals surface area contributed by atoms with Crippen LogP contribution < -0.4 is 10.6 Å². The van der Waals surface area contributed by atoms with E-state index in [2.05, 4.69) is 61.7 Å². The Morgan fingerprint density at radius 3 is 2.76 bits per heavy atom. The average molecular weight is 563 g/mol. The zero-order valence-electron chi connectivity index (χ0n) is 19.4. The van der Waals surface area contributed by atoms with Gasteiger partial charge in [-0.05, 0) is 43.4 Å². The van der Waals surface area contributed by atoms with Gasteiger partial charge in [0.2, 0.25) is 0 Å². The molecule has 0 amide bonds. The maximum absolute atomic E-state index is 4.82. The molecule has 178 valence electrons. The van der Waals surface area contributed by atoms with Crippen LogP contribution in [-0.4, -0.2) is 43.6 Å². The Bertz CT molecular complexity index is 996. The summed E-state index contributed by atoms with van der Waals surface area (Å²) in [5.74, 6) is 3.13. The van der Waals surface area contributed by atoms with E-state index in [4.69, 9.17) is 4.99 Å². The molecule has 0 radical (unpaired) electrons. The Kier molecular flexibility index (Phi) is 10.2. The molecule has 2 N–H and O–H groups in total. The number of guanidine groups is 1. The van der Waals surface area contributed by atoms with Gasteiger partial charge >= 0.3 is 0 Å². The average Bonchev–Trinajstić information content (AvgIpc) is 3.39. The molecule has 0 unspecified atom stereocenters. The summed E-state index contributed by atoms with van der Waals surface area (Å²) in [6.07, 6.45) is 10.5. The monoisotopic (exact) mass is 562 g/mol. The smallest absolute Gasteiger partial charge is 0.191 e. The van der Waals surface area contributed by atoms with Crippen LogP contribution in [0.15, 0.2) is 47.7 Å². The van der Waals surface area contributed by atoms with E-state index in [9.17, 15) is 0 Å². The van der Waals surface area contributed by atoms with Gasteiger partial charge in [-0.15, -0.1) is 34.2 Å². The van der Waals surface area contributed by atoms with E-state index in [0.717, 1.165) is 63.0 Å². The van der Waals surface area contributed by atoms with Crippen molar-refractivity contribution in [2.45, 2.75) is 65.1 Å². The number of fused-ring (bicyclic) bond motifs is 1. The van der Waals surface area contributed by atoms with Crippen molar-refractivity contribution in [3.05, 3.63) is 65.5 Å². The van der Waals surface area contributed by atoms with Crippen LogP contribution in [0, 0.1) is 0 Å². The van der Waals surface area contributed by atoms with Gasteiger partial charge in [0.05, 0.1) is 13.1 Å². The summed E-state index contributed by atoms with van der Waals surface area (Å²) in [6, 6.07) is 10.4. The fourth-order valence-electron chi connectivity index (χ4n) is 4.12. The molecule has 0 saturated heterocycles. The second-order valence-corrected chi connectivity index (χ2v) is 8.19. The first-order chi connectivity index (χ1) is 15.8. The van der Waals surface area contributed by atoms with E-state index in [-0.39, 0.29) is 24.0 Å². The minimum absolute atomic E-state index is 0. The quantitative estimate of drug-likeness (QED) is 0.180. The minimum atomic E-state index is 0. The number of nitrogens with zero attached hydrogens (tertiary/aromatic N) is 6. The highest BCUT2D eigenvalue weighted by Crippen LogP contribution is 2.15. The molecule has 0 spiro atoms. The topological polar surface area (TPSA) is 84.9 Å². The molecule has 0 fully saturated rings. The van der Waals surface area contributed by atoms with Gasteiger partial charge in [0.1, 0.15) is 11.6 Å². The van der Waals surface area contributed by atoms with Gasteiger partial charge in [0, 0.05) is 44.9 Å². The number of aryl methyl sites for hydroxylation is 2. The van der Waals surface area contributed by atoms with Crippen LogP contribution in [0.1, 0.15) is 55.4 Å². The van der Waals surface area contributed by atoms with Crippen molar-refractivity contribution < 1.29 is 0 Å². The van der Waals surface area contributed by atoms with Crippen LogP contribution >= 0.6 is 24.0 Å². The van der Waals surface area contributed by atoms with Crippen molar-refractivity contribution in [2.24, 2.45) is 4.99 Å². The van der Waals surface area contributed by atoms with Gasteiger partial charge in [-0.1, -0.05) is 30.7 Å². The Balaban J connectivity index is 0.00000306. The number of hydrogen-bond donors (Lipinski definition) is 2. The predicted molar refractivity (Wildman–Crippen MR) is 142 cm³/mol. The molecule has 3 heterocycles. The third-order valence-corrected chi connectivity index (χ3v) is 5.82. The Hall–Kier alpha value is -2.43. The van der Waals surface area contributed by atoms with Crippen LogP contribution in [0.4, 0.5) is 0 Å². The molecule has 1 aliphatic heterocycles. The molecule has 33 heavy (non-hydrogen) atoms. The number of aromatic nitrogens is 5. The Morgan fingerprint density at radius 2 is 1.94 bits per heavy atom. The first kappa shape index (κ1) is 25.2. The van der Waals surface area contributed by atoms with E-state index < -0.39 is 0 Å². The van der Waals surface area contributed by atoms with Gasteiger partial charge in [-0.3, -0.25) is 4.68 Å². The summed E-state index contributed by atoms with van der Waals surface area (Å²) >= 11 is 0. The second-order valence-electron chi connectivity index (χ2n) is 8.19. The van der Waals surface area contributed by atoms with Crippen molar-refractivity contribution in [1.29, 1.82) is 0 Å². The molecule has 0 saturated carbocycles. The summed E-state index contributed by atoms with van der Waals surface area (Å²) in [6.45, 7) is 6.22. The molecule has 1 aliphatic rings. The summed E-state index contributed by atoms with van der Waals surface area (Å²) < 4.78 is 4.28. The maximum Gasteiger partial charge on any atom is 0.191 e. The van der Waals surface area contributed by atoms with Gasteiger partial charge < -0.3 is 15.2 Å². The highest BCUT2D eigenvalue weighted by Gasteiger charge is 2.14. The van der Waals surface area contributed by atoms with E-state index in [0.29, 0.717) is 6.54 Å². The molecule has 2 aromatic heterocycles. The fraction of sp³-hybridized carbons (Fsp3) is 0.500. The highest BCUT2D eigenvalue weighted by atomic mass is 127. The normalized spacial score (nSPS) is 13.7. The molecule has 0 bridgehead atoms. The molecule has 4 rings (SSSR count). The molecule has 3 aromatic rings. The predicted octanol–water partition coefficient (Wildman–Crippen LogP) is 3.56. The summed E-state index contributed by atoms with van der Waals surface area (Å²) in [5, 5.41) is 20.0. The van der Waals surface area contributed by atoms with Gasteiger partial charge in [-0.25, -0.2) is 4.99 Å². The fourth-order valence-corrected chi connectivity index (χ4v) is 4.12. The van der Waals surface area contributed by atoms with E-state index in [1.807, 2.05) is 23.1 Å². The Labute approximate surface area is 213 Å². The molecular formula is C24H35IN8. The van der Waals surface area contributed by atoms with Gasteiger partial charge in [0.25, 0.3) is 0 Å². The number of rotatable bonds is 9. The summed E-state index contributed by atoms with van der Waals surface area (Å²) in [7, 11) is 0. The molecule has 1 aromatic carbocycles. The molecule has 0 atom stereocenters. The van der Waals surface area contributed by atoms with E-state index >= 15 is 0 Å². The molecule has 9 heteroatoms. The number of aliphatic imine (C=N–C) groups is 1. The third-order valence-electron chi connectivity index (χ3n) is 5.82. The number of benzene rings is 1. The molecular weight excluding hydrogens is 527 g/mol. The lowest BCUT2D eigenvalue weighted by atomic mass is 10.1. The van der Waals surface area contributed by atoms with Crippen molar-refractivity contribution in [3.8, 4) is 0 Å². The van der Waals surface area contributed by atoms with Crippen LogP contribution in [0.25, 0.3) is 0 Å². The molecule has 0 aliphatic carbocycles. The van der Waals surface area contributed by atoms with Crippen LogP contribution in [0.5, 0.6) is 0 Å². The van der Waals surface area contributed by atoms with Gasteiger partial charge in [0.15, 0.2) is 5.96 Å². The maximum atomic E-state index is 4.82. The number of nitrogens with one attached hydrogen (secondary N) is 2. The standard InChI is InChI=1S/C24H34N8.HI/c1-2-25-24(26-14-8-13-23-30-29-22-12-4-3-7-17-32(22)23)27-18-20-10-5-6-11-21(20)19-31-16-9-15-28-31;/h5-6,9-11,15-16H,2-4,7-8,12-14,17-19H2,1H3,(H2,25,26,27);1H. The van der Waals surface area contributed by atoms with Crippen molar-refractivity contribution in [1.82, 2.24) is 35.2 Å². The second kappa shape index (κ2) is 13.3. The van der Waals surface area contributed by atoms with Gasteiger partial charge in [-0.2, -0.15) is 5.10 Å². The van der Waals surface area contributed by atoms with Crippen molar-refractivity contribution in [3.63, 3.8) is 0 Å². The lowest BCUT2D eigenvalue weighted by molar-refractivity contribution is 0.594.